The van der Waals surface area contributed by atoms with Gasteiger partial charge in [-0.1, -0.05) is 79.9 Å². The molecule has 0 aliphatic heterocycles. The molecule has 1 aromatic heterocycles. The summed E-state index contributed by atoms with van der Waals surface area (Å²) in [4.78, 5) is 34.2. The summed E-state index contributed by atoms with van der Waals surface area (Å²) in [6.07, 6.45) is 6.42. The SMILES string of the molecule is CCCCCN(C(=O)/C=C/c1ccccc1)C(C)c1nc2ccccc2c(=O)n1-c1ccc(C)cc1C. The Bertz CT molecular complexity index is 1470. The van der Waals surface area contributed by atoms with Crippen molar-refractivity contribution in [3.63, 3.8) is 0 Å². The minimum atomic E-state index is -0.414. The van der Waals surface area contributed by atoms with Crippen LogP contribution in [0, 0.1) is 13.8 Å². The van der Waals surface area contributed by atoms with Crippen LogP contribution >= 0.6 is 0 Å². The fourth-order valence-electron chi connectivity index (χ4n) is 4.71. The number of aromatic nitrogens is 2. The third kappa shape index (κ3) is 5.88. The number of hydrogen-bond donors (Lipinski definition) is 0. The molecule has 1 heterocycles. The molecule has 0 spiro atoms. The van der Waals surface area contributed by atoms with Gasteiger partial charge in [-0.05, 0) is 62.6 Å². The van der Waals surface area contributed by atoms with E-state index in [1.807, 2.05) is 98.5 Å². The Morgan fingerprint density at radius 1 is 1.00 bits per heavy atom. The van der Waals surface area contributed by atoms with E-state index in [0.29, 0.717) is 23.3 Å². The predicted molar refractivity (Wildman–Crippen MR) is 152 cm³/mol. The molecule has 0 fully saturated rings. The predicted octanol–water partition coefficient (Wildman–Crippen LogP) is 6.80. The highest BCUT2D eigenvalue weighted by atomic mass is 16.2. The number of fused-ring (bicyclic) bond motifs is 1. The van der Waals surface area contributed by atoms with Gasteiger partial charge >= 0.3 is 0 Å². The van der Waals surface area contributed by atoms with Gasteiger partial charge in [0.15, 0.2) is 0 Å². The lowest BCUT2D eigenvalue weighted by atomic mass is 10.1. The van der Waals surface area contributed by atoms with Gasteiger partial charge in [-0.25, -0.2) is 4.98 Å². The van der Waals surface area contributed by atoms with Crippen LogP contribution in [-0.4, -0.2) is 26.9 Å². The number of unbranched alkanes of at least 4 members (excludes halogenated alkanes) is 2. The lowest BCUT2D eigenvalue weighted by molar-refractivity contribution is -0.128. The zero-order valence-electron chi connectivity index (χ0n) is 22.1. The van der Waals surface area contributed by atoms with Crippen LogP contribution in [0.25, 0.3) is 22.7 Å². The Balaban J connectivity index is 1.84. The normalized spacial score (nSPS) is 12.2. The van der Waals surface area contributed by atoms with Crippen LogP contribution in [0.2, 0.25) is 0 Å². The second kappa shape index (κ2) is 11.8. The first-order chi connectivity index (χ1) is 17.9. The largest absolute Gasteiger partial charge is 0.329 e. The van der Waals surface area contributed by atoms with Gasteiger partial charge in [-0.3, -0.25) is 14.2 Å². The van der Waals surface area contributed by atoms with Crippen molar-refractivity contribution in [1.82, 2.24) is 14.5 Å². The molecule has 4 aromatic rings. The molecule has 0 aliphatic rings. The summed E-state index contributed by atoms with van der Waals surface area (Å²) in [6, 6.07) is 22.8. The second-order valence-electron chi connectivity index (χ2n) is 9.58. The summed E-state index contributed by atoms with van der Waals surface area (Å²) in [6.45, 7) is 8.74. The van der Waals surface area contributed by atoms with Gasteiger partial charge in [0, 0.05) is 12.6 Å². The molecular weight excluding hydrogens is 458 g/mol. The van der Waals surface area contributed by atoms with Crippen LogP contribution in [0.15, 0.2) is 83.7 Å². The minimum Gasteiger partial charge on any atom is -0.329 e. The molecule has 0 N–H and O–H groups in total. The van der Waals surface area contributed by atoms with Crippen molar-refractivity contribution in [2.24, 2.45) is 0 Å². The Kier molecular flexibility index (Phi) is 8.34. The van der Waals surface area contributed by atoms with Gasteiger partial charge in [-0.2, -0.15) is 0 Å². The maximum Gasteiger partial charge on any atom is 0.266 e. The van der Waals surface area contributed by atoms with Crippen molar-refractivity contribution in [2.75, 3.05) is 6.54 Å². The van der Waals surface area contributed by atoms with E-state index < -0.39 is 6.04 Å². The molecule has 0 saturated carbocycles. The molecule has 5 nitrogen and oxygen atoms in total. The zero-order chi connectivity index (χ0) is 26.4. The van der Waals surface area contributed by atoms with Gasteiger partial charge in [0.1, 0.15) is 5.82 Å². The summed E-state index contributed by atoms with van der Waals surface area (Å²) >= 11 is 0. The van der Waals surface area contributed by atoms with Crippen LogP contribution in [-0.2, 0) is 4.79 Å². The highest BCUT2D eigenvalue weighted by Crippen LogP contribution is 2.25. The van der Waals surface area contributed by atoms with Crippen molar-refractivity contribution in [3.8, 4) is 5.69 Å². The number of para-hydroxylation sites is 1. The fraction of sp³-hybridized carbons (Fsp3) is 0.281. The Morgan fingerprint density at radius 3 is 2.46 bits per heavy atom. The number of hydrogen-bond acceptors (Lipinski definition) is 3. The van der Waals surface area contributed by atoms with Crippen LogP contribution in [0.5, 0.6) is 0 Å². The summed E-state index contributed by atoms with van der Waals surface area (Å²) < 4.78 is 1.70. The summed E-state index contributed by atoms with van der Waals surface area (Å²) in [7, 11) is 0. The fourth-order valence-corrected chi connectivity index (χ4v) is 4.71. The molecule has 0 saturated heterocycles. The molecule has 1 atom stereocenters. The molecule has 0 aliphatic carbocycles. The van der Waals surface area contributed by atoms with Crippen LogP contribution in [0.3, 0.4) is 0 Å². The Morgan fingerprint density at radius 2 is 1.73 bits per heavy atom. The van der Waals surface area contributed by atoms with E-state index in [9.17, 15) is 9.59 Å². The topological polar surface area (TPSA) is 55.2 Å². The van der Waals surface area contributed by atoms with Gasteiger partial charge in [0.25, 0.3) is 5.56 Å². The number of rotatable bonds is 9. The molecule has 1 amide bonds. The second-order valence-corrected chi connectivity index (χ2v) is 9.58. The quantitative estimate of drug-likeness (QED) is 0.190. The van der Waals surface area contributed by atoms with Crippen molar-refractivity contribution >= 4 is 22.9 Å². The van der Waals surface area contributed by atoms with Crippen molar-refractivity contribution in [1.29, 1.82) is 0 Å². The van der Waals surface area contributed by atoms with Gasteiger partial charge in [0.2, 0.25) is 5.91 Å². The maximum absolute atomic E-state index is 13.9. The smallest absolute Gasteiger partial charge is 0.266 e. The zero-order valence-corrected chi connectivity index (χ0v) is 22.1. The highest BCUT2D eigenvalue weighted by Gasteiger charge is 2.26. The standard InChI is InChI=1S/C32H35N3O2/c1-5-6-12-21-34(30(36)20-18-26-13-8-7-9-14-26)25(4)31-33-28-16-11-10-15-27(28)32(37)35(31)29-19-17-23(2)22-24(29)3/h7-11,13-20,22,25H,5-6,12,21H2,1-4H3/b20-18+. The molecule has 37 heavy (non-hydrogen) atoms. The third-order valence-corrected chi connectivity index (χ3v) is 6.74. The van der Waals surface area contributed by atoms with E-state index in [4.69, 9.17) is 4.98 Å². The summed E-state index contributed by atoms with van der Waals surface area (Å²) in [5.74, 6) is 0.468. The van der Waals surface area contributed by atoms with Crippen LogP contribution in [0.4, 0.5) is 0 Å². The number of benzene rings is 3. The highest BCUT2D eigenvalue weighted by molar-refractivity contribution is 5.92. The number of amides is 1. The van der Waals surface area contributed by atoms with E-state index >= 15 is 0 Å². The molecule has 3 aromatic carbocycles. The van der Waals surface area contributed by atoms with Gasteiger partial charge in [0.05, 0.1) is 22.6 Å². The van der Waals surface area contributed by atoms with E-state index in [0.717, 1.165) is 41.6 Å². The first-order valence-electron chi connectivity index (χ1n) is 13.0. The van der Waals surface area contributed by atoms with Crippen LogP contribution in [0.1, 0.15) is 61.7 Å². The molecule has 1 unspecified atom stereocenters. The lowest BCUT2D eigenvalue weighted by Crippen LogP contribution is -2.37. The average Bonchev–Trinajstić information content (AvgIpc) is 2.90. The van der Waals surface area contributed by atoms with Crippen molar-refractivity contribution < 1.29 is 4.79 Å². The van der Waals surface area contributed by atoms with Crippen molar-refractivity contribution in [3.05, 3.63) is 112 Å². The lowest BCUT2D eigenvalue weighted by Gasteiger charge is -2.30. The number of nitrogens with zero attached hydrogens (tertiary/aromatic N) is 3. The maximum atomic E-state index is 13.9. The summed E-state index contributed by atoms with van der Waals surface area (Å²) in [5, 5.41) is 0.561. The van der Waals surface area contributed by atoms with Crippen LogP contribution < -0.4 is 5.56 Å². The monoisotopic (exact) mass is 493 g/mol. The molecule has 190 valence electrons. The van der Waals surface area contributed by atoms with E-state index in [1.165, 1.54) is 0 Å². The average molecular weight is 494 g/mol. The Hall–Kier alpha value is -3.99. The van der Waals surface area contributed by atoms with Crippen molar-refractivity contribution in [2.45, 2.75) is 53.0 Å². The minimum absolute atomic E-state index is 0.0953. The third-order valence-electron chi connectivity index (χ3n) is 6.74. The number of carbonyl (C=O) groups excluding carboxylic acids is 1. The summed E-state index contributed by atoms with van der Waals surface area (Å²) in [5.41, 5.74) is 4.38. The van der Waals surface area contributed by atoms with Gasteiger partial charge in [-0.15, -0.1) is 0 Å². The van der Waals surface area contributed by atoms with E-state index in [1.54, 1.807) is 10.6 Å². The first kappa shape index (κ1) is 26.1. The number of carbonyl (C=O) groups is 1. The Labute approximate surface area is 219 Å². The van der Waals surface area contributed by atoms with Gasteiger partial charge < -0.3 is 4.90 Å². The molecule has 5 heteroatoms. The molecule has 0 bridgehead atoms. The molecule has 0 radical (unpaired) electrons. The van der Waals surface area contributed by atoms with E-state index in [-0.39, 0.29) is 11.5 Å². The molecular formula is C32H35N3O2. The molecule has 4 rings (SSSR count). The van der Waals surface area contributed by atoms with E-state index in [2.05, 4.69) is 13.0 Å². The number of aryl methyl sites for hydroxylation is 2. The first-order valence-corrected chi connectivity index (χ1v) is 13.0.